The normalized spacial score (nSPS) is 20.9. The summed E-state index contributed by atoms with van der Waals surface area (Å²) in [4.78, 5) is 28.6. The highest BCUT2D eigenvalue weighted by atomic mass is 16.6. The topological polar surface area (TPSA) is 95.8 Å². The third-order valence-corrected chi connectivity index (χ3v) is 2.52. The van der Waals surface area contributed by atoms with Crippen molar-refractivity contribution >= 4 is 23.5 Å². The molecule has 8 heteroatoms. The standard InChI is InChI=1S/C10H8N6O2/c1-5-11-8-4-3-7(16(17)18)9-12-6(2)14-10(13-5)15(8)9/h3-4H,1-2H3. The van der Waals surface area contributed by atoms with Crippen LogP contribution in [0.4, 0.5) is 0 Å². The van der Waals surface area contributed by atoms with Gasteiger partial charge in [0.25, 0.3) is 0 Å². The lowest BCUT2D eigenvalue weighted by Gasteiger charge is -2.30. The van der Waals surface area contributed by atoms with Gasteiger partial charge in [0, 0.05) is 6.08 Å². The molecule has 0 amide bonds. The Labute approximate surface area is 102 Å². The van der Waals surface area contributed by atoms with E-state index in [0.29, 0.717) is 23.5 Å². The van der Waals surface area contributed by atoms with Gasteiger partial charge in [0.1, 0.15) is 17.5 Å². The zero-order valence-electron chi connectivity index (χ0n) is 9.65. The van der Waals surface area contributed by atoms with Gasteiger partial charge in [-0.05, 0) is 19.9 Å². The van der Waals surface area contributed by atoms with Crippen LogP contribution < -0.4 is 0 Å². The summed E-state index contributed by atoms with van der Waals surface area (Å²) in [5.41, 5.74) is -0.0875. The fourth-order valence-electron chi connectivity index (χ4n) is 1.84. The molecule has 0 radical (unpaired) electrons. The molecule has 3 aliphatic rings. The zero-order chi connectivity index (χ0) is 12.9. The van der Waals surface area contributed by atoms with Crippen molar-refractivity contribution in [2.75, 3.05) is 0 Å². The molecule has 0 saturated heterocycles. The van der Waals surface area contributed by atoms with Crippen molar-refractivity contribution in [2.45, 2.75) is 13.8 Å². The highest BCUT2D eigenvalue weighted by Crippen LogP contribution is 2.25. The molecule has 0 N–H and O–H groups in total. The van der Waals surface area contributed by atoms with Crippen LogP contribution in [0.2, 0.25) is 0 Å². The molecule has 0 aromatic rings. The summed E-state index contributed by atoms with van der Waals surface area (Å²) in [5, 5.41) is 11.0. The van der Waals surface area contributed by atoms with Gasteiger partial charge in [-0.2, -0.15) is 9.98 Å². The zero-order valence-corrected chi connectivity index (χ0v) is 9.65. The largest absolute Gasteiger partial charge is 0.312 e. The number of amidine groups is 3. The second kappa shape index (κ2) is 3.42. The highest BCUT2D eigenvalue weighted by molar-refractivity contribution is 6.21. The number of allylic oxidation sites excluding steroid dienone is 2. The van der Waals surface area contributed by atoms with Gasteiger partial charge in [0.05, 0.1) is 4.92 Å². The van der Waals surface area contributed by atoms with Gasteiger partial charge in [-0.1, -0.05) is 0 Å². The van der Waals surface area contributed by atoms with Crippen molar-refractivity contribution in [1.82, 2.24) is 4.90 Å². The summed E-state index contributed by atoms with van der Waals surface area (Å²) in [6, 6.07) is 0. The summed E-state index contributed by atoms with van der Waals surface area (Å²) < 4.78 is 0. The predicted molar refractivity (Wildman–Crippen MR) is 66.1 cm³/mol. The average molecular weight is 244 g/mol. The summed E-state index contributed by atoms with van der Waals surface area (Å²) in [6.07, 6.45) is 2.95. The quantitative estimate of drug-likeness (QED) is 0.506. The van der Waals surface area contributed by atoms with Crippen molar-refractivity contribution in [2.24, 2.45) is 20.0 Å². The van der Waals surface area contributed by atoms with Crippen molar-refractivity contribution in [3.05, 3.63) is 33.8 Å². The van der Waals surface area contributed by atoms with Crippen LogP contribution in [-0.4, -0.2) is 33.3 Å². The second-order valence-corrected chi connectivity index (χ2v) is 3.83. The molecule has 0 saturated carbocycles. The Morgan fingerprint density at radius 1 is 1.11 bits per heavy atom. The molecule has 8 nitrogen and oxygen atoms in total. The van der Waals surface area contributed by atoms with Gasteiger partial charge in [-0.3, -0.25) is 10.1 Å². The Kier molecular flexibility index (Phi) is 2.00. The summed E-state index contributed by atoms with van der Waals surface area (Å²) in [6.45, 7) is 3.41. The Morgan fingerprint density at radius 3 is 2.56 bits per heavy atom. The number of rotatable bonds is 1. The molecule has 0 fully saturated rings. The first-order chi connectivity index (χ1) is 8.56. The first-order valence-corrected chi connectivity index (χ1v) is 5.21. The first kappa shape index (κ1) is 10.5. The smallest absolute Gasteiger partial charge is 0.258 e. The molecule has 0 bridgehead atoms. The molecular weight excluding hydrogens is 236 g/mol. The maximum atomic E-state index is 11.0. The van der Waals surface area contributed by atoms with Gasteiger partial charge in [-0.25, -0.2) is 14.9 Å². The molecule has 0 unspecified atom stereocenters. The third-order valence-electron chi connectivity index (χ3n) is 2.52. The first-order valence-electron chi connectivity index (χ1n) is 5.21. The highest BCUT2D eigenvalue weighted by Gasteiger charge is 2.37. The fourth-order valence-corrected chi connectivity index (χ4v) is 1.84. The summed E-state index contributed by atoms with van der Waals surface area (Å²) in [7, 11) is 0. The van der Waals surface area contributed by atoms with Crippen LogP contribution in [0.15, 0.2) is 43.6 Å². The molecule has 0 aromatic heterocycles. The number of hydrogen-bond donors (Lipinski definition) is 0. The number of aliphatic imine (C=N–C) groups is 4. The van der Waals surface area contributed by atoms with Crippen LogP contribution in [0.25, 0.3) is 0 Å². The van der Waals surface area contributed by atoms with Crippen LogP contribution in [0.5, 0.6) is 0 Å². The Bertz CT molecular complexity index is 649. The lowest BCUT2D eigenvalue weighted by Crippen LogP contribution is -2.44. The van der Waals surface area contributed by atoms with E-state index in [0.717, 1.165) is 0 Å². The van der Waals surface area contributed by atoms with Crippen molar-refractivity contribution in [1.29, 1.82) is 0 Å². The fraction of sp³-hybridized carbons (Fsp3) is 0.200. The minimum atomic E-state index is -0.479. The second-order valence-electron chi connectivity index (χ2n) is 3.83. The van der Waals surface area contributed by atoms with Crippen LogP contribution in [0.3, 0.4) is 0 Å². The molecule has 0 aliphatic carbocycles. The molecule has 0 spiro atoms. The molecule has 90 valence electrons. The van der Waals surface area contributed by atoms with Gasteiger partial charge in [0.15, 0.2) is 0 Å². The van der Waals surface area contributed by atoms with E-state index in [2.05, 4.69) is 20.0 Å². The monoisotopic (exact) mass is 244 g/mol. The van der Waals surface area contributed by atoms with E-state index >= 15 is 0 Å². The number of guanidine groups is 1. The van der Waals surface area contributed by atoms with Crippen molar-refractivity contribution in [3.8, 4) is 0 Å². The van der Waals surface area contributed by atoms with Crippen molar-refractivity contribution < 1.29 is 4.92 Å². The molecule has 3 heterocycles. The van der Waals surface area contributed by atoms with E-state index in [-0.39, 0.29) is 11.5 Å². The van der Waals surface area contributed by atoms with E-state index in [4.69, 9.17) is 0 Å². The van der Waals surface area contributed by atoms with E-state index < -0.39 is 4.92 Å². The van der Waals surface area contributed by atoms with Crippen LogP contribution in [-0.2, 0) is 0 Å². The van der Waals surface area contributed by atoms with Crippen molar-refractivity contribution in [3.63, 3.8) is 0 Å². The van der Waals surface area contributed by atoms with E-state index in [9.17, 15) is 10.1 Å². The van der Waals surface area contributed by atoms with Gasteiger partial charge < -0.3 is 0 Å². The minimum Gasteiger partial charge on any atom is -0.258 e. The molecule has 3 rings (SSSR count). The van der Waals surface area contributed by atoms with E-state index in [1.54, 1.807) is 19.9 Å². The van der Waals surface area contributed by atoms with Crippen LogP contribution in [0, 0.1) is 10.1 Å². The van der Waals surface area contributed by atoms with Gasteiger partial charge in [-0.15, -0.1) is 0 Å². The molecule has 3 aliphatic heterocycles. The average Bonchev–Trinajstić information content (AvgIpc) is 2.27. The Morgan fingerprint density at radius 2 is 1.83 bits per heavy atom. The Hall–Kier alpha value is -2.64. The number of hydrogen-bond acceptors (Lipinski definition) is 7. The number of nitro groups is 1. The molecule has 0 aromatic carbocycles. The predicted octanol–water partition coefficient (Wildman–Crippen LogP) is 0.922. The van der Waals surface area contributed by atoms with Gasteiger partial charge in [0.2, 0.25) is 11.8 Å². The van der Waals surface area contributed by atoms with E-state index in [1.165, 1.54) is 11.0 Å². The maximum absolute atomic E-state index is 11.0. The number of nitrogens with zero attached hydrogens (tertiary/aromatic N) is 6. The maximum Gasteiger partial charge on any atom is 0.312 e. The summed E-state index contributed by atoms with van der Waals surface area (Å²) in [5.74, 6) is 2.11. The third kappa shape index (κ3) is 1.39. The minimum absolute atomic E-state index is 0.0875. The van der Waals surface area contributed by atoms with Gasteiger partial charge >= 0.3 is 5.70 Å². The molecule has 18 heavy (non-hydrogen) atoms. The van der Waals surface area contributed by atoms with Crippen LogP contribution in [0.1, 0.15) is 13.8 Å². The van der Waals surface area contributed by atoms with Crippen LogP contribution >= 0.6 is 0 Å². The Balaban J connectivity index is 2.24. The molecular formula is C10H8N6O2. The lowest BCUT2D eigenvalue weighted by atomic mass is 10.2. The SMILES string of the molecule is CC1=NC2=CC=C([N+](=O)[O-])C3=NC(C)=NC(=N1)N23. The summed E-state index contributed by atoms with van der Waals surface area (Å²) >= 11 is 0. The lowest BCUT2D eigenvalue weighted by molar-refractivity contribution is -0.415. The van der Waals surface area contributed by atoms with E-state index in [1.807, 2.05) is 0 Å². The molecule has 0 atom stereocenters.